The molecule has 0 radical (unpaired) electrons. The van der Waals surface area contributed by atoms with Crippen molar-refractivity contribution in [3.8, 4) is 0 Å². The summed E-state index contributed by atoms with van der Waals surface area (Å²) in [7, 11) is 4.85. The Kier molecular flexibility index (Phi) is 6.20. The Hall–Kier alpha value is -0.190. The van der Waals surface area contributed by atoms with Crippen molar-refractivity contribution in [1.29, 1.82) is 0 Å². The highest BCUT2D eigenvalue weighted by Crippen LogP contribution is 1.99. The second-order valence-electron chi connectivity index (χ2n) is 3.55. The van der Waals surface area contributed by atoms with Gasteiger partial charge in [-0.1, -0.05) is 6.08 Å². The van der Waals surface area contributed by atoms with Crippen LogP contribution in [-0.2, 0) is 11.0 Å². The molecule has 1 unspecified atom stereocenters. The monoisotopic (exact) mass is 204 g/mol. The molecule has 0 aromatic rings. The minimum atomic E-state index is -0.985. The average molecular weight is 204 g/mol. The van der Waals surface area contributed by atoms with E-state index in [2.05, 4.69) is 0 Å². The van der Waals surface area contributed by atoms with Gasteiger partial charge in [-0.15, -0.1) is 0 Å². The number of hydrogen-bond donors (Lipinski definition) is 0. The molecule has 0 bridgehead atoms. The Labute approximate surface area is 84.0 Å². The fourth-order valence-electron chi connectivity index (χ4n) is 0.640. The predicted molar refractivity (Wildman–Crippen MR) is 58.7 cm³/mol. The Morgan fingerprint density at radius 1 is 1.31 bits per heavy atom. The summed E-state index contributed by atoms with van der Waals surface area (Å²) in [6, 6.07) is 0.310. The van der Waals surface area contributed by atoms with Gasteiger partial charge >= 0.3 is 0 Å². The summed E-state index contributed by atoms with van der Waals surface area (Å²) in [6.45, 7) is 4.88. The van der Waals surface area contributed by atoms with Crippen molar-refractivity contribution in [2.45, 2.75) is 19.9 Å². The van der Waals surface area contributed by atoms with Gasteiger partial charge in [0.2, 0.25) is 0 Å². The second kappa shape index (κ2) is 6.29. The first-order valence-corrected chi connectivity index (χ1v) is 5.57. The van der Waals surface area contributed by atoms with Crippen LogP contribution in [0.25, 0.3) is 0 Å². The fourth-order valence-corrected chi connectivity index (χ4v) is 1.50. The van der Waals surface area contributed by atoms with Crippen molar-refractivity contribution < 1.29 is 4.21 Å². The van der Waals surface area contributed by atoms with E-state index >= 15 is 0 Å². The molecule has 0 aliphatic heterocycles. The molecule has 13 heavy (non-hydrogen) atoms. The van der Waals surface area contributed by atoms with Gasteiger partial charge in [0, 0.05) is 25.0 Å². The van der Waals surface area contributed by atoms with Crippen LogP contribution < -0.4 is 0 Å². The van der Waals surface area contributed by atoms with Crippen LogP contribution >= 0.6 is 0 Å². The first-order valence-electron chi connectivity index (χ1n) is 4.40. The van der Waals surface area contributed by atoms with Crippen LogP contribution in [0.4, 0.5) is 0 Å². The number of likely N-dealkylation sites (N-methyl/N-ethyl adjacent to an activating group) is 1. The van der Waals surface area contributed by atoms with Gasteiger partial charge in [0.15, 0.2) is 0 Å². The van der Waals surface area contributed by atoms with Gasteiger partial charge in [0.1, 0.15) is 11.0 Å². The summed E-state index contributed by atoms with van der Waals surface area (Å²) >= 11 is 0. The van der Waals surface area contributed by atoms with Gasteiger partial charge in [0.25, 0.3) is 0 Å². The number of hydrogen-bond acceptors (Lipinski definition) is 2. The van der Waals surface area contributed by atoms with Crippen molar-refractivity contribution in [2.75, 3.05) is 27.7 Å². The summed E-state index contributed by atoms with van der Waals surface area (Å²) in [5.74, 6) is 0. The molecule has 0 saturated carbocycles. The van der Waals surface area contributed by atoms with Crippen molar-refractivity contribution >= 4 is 11.0 Å². The number of rotatable bonds is 5. The van der Waals surface area contributed by atoms with Crippen LogP contribution in [0.3, 0.4) is 0 Å². The highest BCUT2D eigenvalue weighted by atomic mass is 32.2. The Morgan fingerprint density at radius 2 is 1.85 bits per heavy atom. The maximum absolute atomic E-state index is 11.5. The molecule has 0 fully saturated rings. The van der Waals surface area contributed by atoms with Crippen molar-refractivity contribution in [3.05, 3.63) is 11.5 Å². The zero-order valence-electron chi connectivity index (χ0n) is 9.15. The molecule has 0 aliphatic carbocycles. The molecule has 0 heterocycles. The highest BCUT2D eigenvalue weighted by Gasteiger charge is 2.07. The van der Waals surface area contributed by atoms with Gasteiger partial charge in [0.05, 0.1) is 0 Å². The summed E-state index contributed by atoms with van der Waals surface area (Å²) < 4.78 is 13.3. The van der Waals surface area contributed by atoms with E-state index in [1.165, 1.54) is 0 Å². The topological polar surface area (TPSA) is 23.6 Å². The third kappa shape index (κ3) is 5.96. The standard InChI is InChI=1S/C9H20N2OS/c1-9(2)11(5)13(12)8-6-7-10(3)4/h6,8-9H,7H2,1-5H3/b8-6+. The molecule has 0 aromatic carbocycles. The minimum absolute atomic E-state index is 0.310. The minimum Gasteiger partial charge on any atom is -0.306 e. The van der Waals surface area contributed by atoms with Crippen molar-refractivity contribution in [2.24, 2.45) is 0 Å². The number of nitrogens with zero attached hydrogens (tertiary/aromatic N) is 2. The smallest absolute Gasteiger partial charge is 0.119 e. The molecule has 0 aromatic heterocycles. The molecule has 0 rings (SSSR count). The average Bonchev–Trinajstić information content (AvgIpc) is 2.02. The maximum atomic E-state index is 11.5. The molecule has 78 valence electrons. The highest BCUT2D eigenvalue weighted by molar-refractivity contribution is 7.85. The van der Waals surface area contributed by atoms with Crippen LogP contribution in [0.2, 0.25) is 0 Å². The first kappa shape index (κ1) is 12.8. The maximum Gasteiger partial charge on any atom is 0.119 e. The summed E-state index contributed by atoms with van der Waals surface area (Å²) in [6.07, 6.45) is 1.93. The van der Waals surface area contributed by atoms with Gasteiger partial charge in [-0.05, 0) is 27.9 Å². The van der Waals surface area contributed by atoms with Gasteiger partial charge in [-0.2, -0.15) is 0 Å². The summed E-state index contributed by atoms with van der Waals surface area (Å²) in [5.41, 5.74) is 0. The largest absolute Gasteiger partial charge is 0.306 e. The molecule has 0 aliphatic rings. The van der Waals surface area contributed by atoms with Crippen LogP contribution in [0, 0.1) is 0 Å². The van der Waals surface area contributed by atoms with E-state index in [1.807, 2.05) is 50.3 Å². The van der Waals surface area contributed by atoms with Crippen LogP contribution in [0.1, 0.15) is 13.8 Å². The van der Waals surface area contributed by atoms with Gasteiger partial charge in [-0.25, -0.2) is 8.51 Å². The summed E-state index contributed by atoms with van der Waals surface area (Å²) in [5, 5.41) is 1.74. The third-order valence-electron chi connectivity index (χ3n) is 1.69. The molecular formula is C9H20N2OS. The molecule has 0 saturated heterocycles. The van der Waals surface area contributed by atoms with E-state index in [0.29, 0.717) is 6.04 Å². The zero-order valence-corrected chi connectivity index (χ0v) is 9.97. The SMILES string of the molecule is CC(C)N(C)S(=O)/C=C/CN(C)C. The van der Waals surface area contributed by atoms with E-state index in [-0.39, 0.29) is 0 Å². The first-order chi connectivity index (χ1) is 5.95. The Bertz CT molecular complexity index is 190. The molecule has 1 atom stereocenters. The van der Waals surface area contributed by atoms with Crippen molar-refractivity contribution in [1.82, 2.24) is 9.21 Å². The van der Waals surface area contributed by atoms with Crippen LogP contribution in [0.15, 0.2) is 11.5 Å². The Morgan fingerprint density at radius 3 is 2.23 bits per heavy atom. The Balaban J connectivity index is 3.93. The lowest BCUT2D eigenvalue weighted by molar-refractivity contribution is 0.446. The molecule has 0 spiro atoms. The molecular weight excluding hydrogens is 184 g/mol. The van der Waals surface area contributed by atoms with E-state index in [0.717, 1.165) is 6.54 Å². The van der Waals surface area contributed by atoms with E-state index in [1.54, 1.807) is 5.41 Å². The molecule has 0 N–H and O–H groups in total. The van der Waals surface area contributed by atoms with Gasteiger partial charge < -0.3 is 4.90 Å². The van der Waals surface area contributed by atoms with Gasteiger partial charge in [-0.3, -0.25) is 0 Å². The summed E-state index contributed by atoms with van der Waals surface area (Å²) in [4.78, 5) is 2.03. The molecule has 0 amide bonds. The zero-order chi connectivity index (χ0) is 10.4. The van der Waals surface area contributed by atoms with E-state index in [4.69, 9.17) is 0 Å². The quantitative estimate of drug-likeness (QED) is 0.669. The van der Waals surface area contributed by atoms with E-state index < -0.39 is 11.0 Å². The molecule has 3 nitrogen and oxygen atoms in total. The lowest BCUT2D eigenvalue weighted by Crippen LogP contribution is -2.27. The van der Waals surface area contributed by atoms with Crippen molar-refractivity contribution in [3.63, 3.8) is 0 Å². The lowest BCUT2D eigenvalue weighted by atomic mass is 10.4. The third-order valence-corrected chi connectivity index (χ3v) is 3.11. The lowest BCUT2D eigenvalue weighted by Gasteiger charge is -2.17. The fraction of sp³-hybridized carbons (Fsp3) is 0.778. The van der Waals surface area contributed by atoms with Crippen LogP contribution in [0.5, 0.6) is 0 Å². The second-order valence-corrected chi connectivity index (χ2v) is 4.95. The predicted octanol–water partition coefficient (Wildman–Crippen LogP) is 1.07. The van der Waals surface area contributed by atoms with Crippen LogP contribution in [-0.4, -0.2) is 47.1 Å². The molecule has 4 heteroatoms. The normalized spacial score (nSPS) is 15.1. The van der Waals surface area contributed by atoms with E-state index in [9.17, 15) is 4.21 Å².